The van der Waals surface area contributed by atoms with Gasteiger partial charge in [0.25, 0.3) is 0 Å². The summed E-state index contributed by atoms with van der Waals surface area (Å²) in [4.78, 5) is 2.04. The first kappa shape index (κ1) is 14.8. The second-order valence-corrected chi connectivity index (χ2v) is 3.73. The highest BCUT2D eigenvalue weighted by Crippen LogP contribution is 2.05. The zero-order valence-corrected chi connectivity index (χ0v) is 9.57. The van der Waals surface area contributed by atoms with E-state index >= 15 is 0 Å². The number of hydrogen-bond donors (Lipinski definition) is 4. The van der Waals surface area contributed by atoms with Gasteiger partial charge in [0, 0.05) is 13.1 Å². The molecule has 1 atom stereocenters. The number of aliphatic hydroxyl groups is 1. The molecule has 0 aliphatic carbocycles. The van der Waals surface area contributed by atoms with E-state index in [4.69, 9.17) is 17.2 Å². The van der Waals surface area contributed by atoms with Crippen LogP contribution in [0.4, 0.5) is 0 Å². The summed E-state index contributed by atoms with van der Waals surface area (Å²) in [5.74, 6) is 0. The van der Waals surface area contributed by atoms with Gasteiger partial charge in [0.05, 0.1) is 0 Å². The van der Waals surface area contributed by atoms with Gasteiger partial charge in [-0.25, -0.2) is 0 Å². The average Bonchev–Trinajstić information content (AvgIpc) is 2.26. The molecule has 0 aromatic heterocycles. The van der Waals surface area contributed by atoms with Crippen LogP contribution in [0.25, 0.3) is 0 Å². The summed E-state index contributed by atoms with van der Waals surface area (Å²) < 4.78 is 0. The summed E-state index contributed by atoms with van der Waals surface area (Å²) in [5, 5.41) is 9.88. The minimum absolute atomic E-state index is 0.397. The van der Waals surface area contributed by atoms with Crippen molar-refractivity contribution in [2.24, 2.45) is 17.2 Å². The topological polar surface area (TPSA) is 102 Å². The molecule has 0 saturated heterocycles. The van der Waals surface area contributed by atoms with E-state index in [0.717, 1.165) is 38.8 Å². The largest absolute Gasteiger partial charge is 0.378 e. The summed E-state index contributed by atoms with van der Waals surface area (Å²) in [6, 6.07) is 0. The molecular weight excluding hydrogens is 192 g/mol. The number of rotatable bonds is 10. The summed E-state index contributed by atoms with van der Waals surface area (Å²) in [6.07, 6.45) is 3.00. The molecule has 0 amide bonds. The highest BCUT2D eigenvalue weighted by molar-refractivity contribution is 4.63. The number of nitrogens with zero attached hydrogens (tertiary/aromatic N) is 1. The Morgan fingerprint density at radius 2 is 1.33 bits per heavy atom. The van der Waals surface area contributed by atoms with E-state index in [2.05, 4.69) is 0 Å². The zero-order chi connectivity index (χ0) is 11.5. The lowest BCUT2D eigenvalue weighted by Gasteiger charge is -2.27. The fourth-order valence-corrected chi connectivity index (χ4v) is 1.48. The van der Waals surface area contributed by atoms with Crippen molar-refractivity contribution in [2.45, 2.75) is 31.9 Å². The summed E-state index contributed by atoms with van der Waals surface area (Å²) in [7, 11) is 0. The van der Waals surface area contributed by atoms with Gasteiger partial charge in [-0.1, -0.05) is 0 Å². The molecule has 0 aliphatic rings. The number of hydrogen-bond acceptors (Lipinski definition) is 5. The van der Waals surface area contributed by atoms with Crippen LogP contribution in [-0.4, -0.2) is 49.0 Å². The minimum atomic E-state index is -0.397. The van der Waals surface area contributed by atoms with E-state index in [1.807, 2.05) is 4.90 Å². The van der Waals surface area contributed by atoms with E-state index in [1.165, 1.54) is 0 Å². The van der Waals surface area contributed by atoms with Gasteiger partial charge in [-0.05, 0) is 45.3 Å². The fraction of sp³-hybridized carbons (Fsp3) is 1.00. The van der Waals surface area contributed by atoms with Crippen molar-refractivity contribution in [3.63, 3.8) is 0 Å². The lowest BCUT2D eigenvalue weighted by atomic mass is 10.2. The summed E-state index contributed by atoms with van der Waals surface area (Å²) in [6.45, 7) is 3.61. The highest BCUT2D eigenvalue weighted by Gasteiger charge is 2.13. The van der Waals surface area contributed by atoms with Crippen molar-refractivity contribution in [1.82, 2.24) is 4.90 Å². The molecule has 92 valence electrons. The average molecular weight is 218 g/mol. The van der Waals surface area contributed by atoms with Crippen LogP contribution in [0.1, 0.15) is 25.7 Å². The highest BCUT2D eigenvalue weighted by atomic mass is 16.3. The van der Waals surface area contributed by atoms with Gasteiger partial charge in [0.1, 0.15) is 6.23 Å². The second-order valence-electron chi connectivity index (χ2n) is 3.73. The van der Waals surface area contributed by atoms with Gasteiger partial charge < -0.3 is 22.3 Å². The Balaban J connectivity index is 3.84. The van der Waals surface area contributed by atoms with Gasteiger partial charge in [-0.15, -0.1) is 0 Å². The molecule has 0 fully saturated rings. The SMILES string of the molecule is NCCCC(O)N(CCCN)CCCN. The van der Waals surface area contributed by atoms with Gasteiger partial charge in [0.15, 0.2) is 0 Å². The third kappa shape index (κ3) is 7.70. The molecule has 0 radical (unpaired) electrons. The maximum absolute atomic E-state index is 9.88. The van der Waals surface area contributed by atoms with Crippen LogP contribution in [0.5, 0.6) is 0 Å². The molecule has 0 spiro atoms. The smallest absolute Gasteiger partial charge is 0.107 e. The van der Waals surface area contributed by atoms with Crippen LogP contribution >= 0.6 is 0 Å². The van der Waals surface area contributed by atoms with Crippen molar-refractivity contribution >= 4 is 0 Å². The predicted octanol–water partition coefficient (Wildman–Crippen LogP) is -0.957. The number of aliphatic hydroxyl groups excluding tert-OH is 1. The Bertz CT molecular complexity index is 127. The van der Waals surface area contributed by atoms with Crippen LogP contribution in [0.15, 0.2) is 0 Å². The Labute approximate surface area is 92.6 Å². The normalized spacial score (nSPS) is 13.4. The minimum Gasteiger partial charge on any atom is -0.378 e. The predicted molar refractivity (Wildman–Crippen MR) is 63.2 cm³/mol. The van der Waals surface area contributed by atoms with Crippen LogP contribution in [0, 0.1) is 0 Å². The first-order valence-electron chi connectivity index (χ1n) is 5.78. The maximum Gasteiger partial charge on any atom is 0.107 e. The van der Waals surface area contributed by atoms with Gasteiger partial charge in [0.2, 0.25) is 0 Å². The van der Waals surface area contributed by atoms with Crippen LogP contribution in [0.2, 0.25) is 0 Å². The molecule has 0 aliphatic heterocycles. The molecular formula is C10H26N4O. The van der Waals surface area contributed by atoms with Crippen molar-refractivity contribution < 1.29 is 5.11 Å². The molecule has 5 heteroatoms. The van der Waals surface area contributed by atoms with Crippen LogP contribution < -0.4 is 17.2 Å². The van der Waals surface area contributed by atoms with Crippen molar-refractivity contribution in [3.8, 4) is 0 Å². The monoisotopic (exact) mass is 218 g/mol. The molecule has 0 bridgehead atoms. The molecule has 15 heavy (non-hydrogen) atoms. The molecule has 0 saturated carbocycles. The molecule has 0 aromatic rings. The summed E-state index contributed by atoms with van der Waals surface area (Å²) >= 11 is 0. The molecule has 0 aromatic carbocycles. The lowest BCUT2D eigenvalue weighted by molar-refractivity contribution is -0.00389. The zero-order valence-electron chi connectivity index (χ0n) is 9.57. The molecule has 7 N–H and O–H groups in total. The molecule has 5 nitrogen and oxygen atoms in total. The standard InChI is InChI=1S/C10H26N4O/c11-5-1-4-10(15)14(8-2-6-12)9-3-7-13/h10,15H,1-9,11-13H2. The maximum atomic E-state index is 9.88. The quantitative estimate of drug-likeness (QED) is 0.354. The first-order chi connectivity index (χ1) is 7.26. The lowest BCUT2D eigenvalue weighted by Crippen LogP contribution is -2.38. The van der Waals surface area contributed by atoms with E-state index in [1.54, 1.807) is 0 Å². The Morgan fingerprint density at radius 1 is 0.867 bits per heavy atom. The van der Waals surface area contributed by atoms with Gasteiger partial charge in [-0.3, -0.25) is 4.90 Å². The third-order valence-electron chi connectivity index (χ3n) is 2.39. The van der Waals surface area contributed by atoms with Crippen molar-refractivity contribution in [2.75, 3.05) is 32.7 Å². The molecule has 0 rings (SSSR count). The molecule has 1 unspecified atom stereocenters. The fourth-order valence-electron chi connectivity index (χ4n) is 1.48. The Hall–Kier alpha value is -0.200. The van der Waals surface area contributed by atoms with Crippen LogP contribution in [0.3, 0.4) is 0 Å². The second kappa shape index (κ2) is 10.3. The van der Waals surface area contributed by atoms with Crippen molar-refractivity contribution in [3.05, 3.63) is 0 Å². The number of nitrogens with two attached hydrogens (primary N) is 3. The van der Waals surface area contributed by atoms with Crippen LogP contribution in [-0.2, 0) is 0 Å². The third-order valence-corrected chi connectivity index (χ3v) is 2.39. The van der Waals surface area contributed by atoms with E-state index in [9.17, 15) is 5.11 Å². The Morgan fingerprint density at radius 3 is 1.73 bits per heavy atom. The van der Waals surface area contributed by atoms with Gasteiger partial charge in [-0.2, -0.15) is 0 Å². The van der Waals surface area contributed by atoms with E-state index < -0.39 is 6.23 Å². The Kier molecular flexibility index (Phi) is 10.2. The van der Waals surface area contributed by atoms with E-state index in [-0.39, 0.29) is 0 Å². The van der Waals surface area contributed by atoms with E-state index in [0.29, 0.717) is 19.6 Å². The summed E-state index contributed by atoms with van der Waals surface area (Å²) in [5.41, 5.74) is 16.3. The van der Waals surface area contributed by atoms with Gasteiger partial charge >= 0.3 is 0 Å². The molecule has 0 heterocycles. The van der Waals surface area contributed by atoms with Crippen molar-refractivity contribution in [1.29, 1.82) is 0 Å². The first-order valence-corrected chi connectivity index (χ1v) is 5.78.